The molecular formula is C17H15FN2O2. The maximum Gasteiger partial charge on any atom is 0.285 e. The minimum atomic E-state index is -1.70. The van der Waals surface area contributed by atoms with E-state index in [-0.39, 0.29) is 12.2 Å². The third kappa shape index (κ3) is 2.40. The van der Waals surface area contributed by atoms with Crippen LogP contribution in [0.1, 0.15) is 12.5 Å². The predicted octanol–water partition coefficient (Wildman–Crippen LogP) is 2.52. The number of hydrogen-bond donors (Lipinski definition) is 1. The highest BCUT2D eigenvalue weighted by atomic mass is 19.1. The van der Waals surface area contributed by atoms with Crippen molar-refractivity contribution in [2.45, 2.75) is 18.9 Å². The standard InChI is InChI=1S/C17H15FN2O2/c1-12-17(22,11-13-7-9-14(18)10-8-13)16(21)20(19-12)15-5-3-2-4-6-15/h2-10,22H,11H2,1H3/t17-/m0/s1. The maximum absolute atomic E-state index is 13.0. The smallest absolute Gasteiger partial charge is 0.285 e. The van der Waals surface area contributed by atoms with Crippen LogP contribution < -0.4 is 5.01 Å². The van der Waals surface area contributed by atoms with Gasteiger partial charge in [0.15, 0.2) is 5.60 Å². The molecule has 0 bridgehead atoms. The number of aliphatic hydroxyl groups is 1. The Morgan fingerprint density at radius 3 is 2.41 bits per heavy atom. The van der Waals surface area contributed by atoms with Gasteiger partial charge in [-0.05, 0) is 36.8 Å². The number of amides is 1. The Labute approximate surface area is 127 Å². The first-order valence-corrected chi connectivity index (χ1v) is 6.93. The minimum absolute atomic E-state index is 0.0603. The summed E-state index contributed by atoms with van der Waals surface area (Å²) in [6.45, 7) is 1.62. The van der Waals surface area contributed by atoms with Gasteiger partial charge >= 0.3 is 0 Å². The normalized spacial score (nSPS) is 21.1. The van der Waals surface area contributed by atoms with Gasteiger partial charge in [-0.25, -0.2) is 4.39 Å². The van der Waals surface area contributed by atoms with Crippen LogP contribution in [0.25, 0.3) is 0 Å². The molecule has 2 aromatic rings. The number of hydrogen-bond acceptors (Lipinski definition) is 3. The number of para-hydroxylation sites is 1. The second-order valence-electron chi connectivity index (χ2n) is 5.30. The van der Waals surface area contributed by atoms with Gasteiger partial charge in [0.05, 0.1) is 11.4 Å². The summed E-state index contributed by atoms with van der Waals surface area (Å²) in [4.78, 5) is 12.6. The van der Waals surface area contributed by atoms with E-state index in [1.807, 2.05) is 6.07 Å². The largest absolute Gasteiger partial charge is 0.374 e. The summed E-state index contributed by atoms with van der Waals surface area (Å²) in [5.41, 5.74) is -0.109. The SMILES string of the molecule is CC1=NN(c2ccccc2)C(=O)[C@]1(O)Cc1ccc(F)cc1. The molecule has 1 heterocycles. The number of rotatable bonds is 3. The summed E-state index contributed by atoms with van der Waals surface area (Å²) >= 11 is 0. The van der Waals surface area contributed by atoms with E-state index < -0.39 is 11.5 Å². The molecule has 112 valence electrons. The number of benzene rings is 2. The molecule has 0 saturated carbocycles. The molecule has 1 atom stereocenters. The van der Waals surface area contributed by atoms with Crippen molar-refractivity contribution in [2.24, 2.45) is 5.10 Å². The summed E-state index contributed by atoms with van der Waals surface area (Å²) in [6.07, 6.45) is 0.0603. The molecule has 0 aliphatic carbocycles. The second kappa shape index (κ2) is 5.35. The van der Waals surface area contributed by atoms with Crippen LogP contribution >= 0.6 is 0 Å². The molecule has 2 aromatic carbocycles. The van der Waals surface area contributed by atoms with Crippen LogP contribution in [0.3, 0.4) is 0 Å². The lowest BCUT2D eigenvalue weighted by Gasteiger charge is -2.22. The molecule has 1 aliphatic heterocycles. The summed E-state index contributed by atoms with van der Waals surface area (Å²) in [7, 11) is 0. The van der Waals surface area contributed by atoms with Gasteiger partial charge in [-0.2, -0.15) is 10.1 Å². The molecule has 0 radical (unpaired) electrons. The lowest BCUT2D eigenvalue weighted by Crippen LogP contribution is -2.47. The van der Waals surface area contributed by atoms with Crippen molar-refractivity contribution >= 4 is 17.3 Å². The summed E-state index contributed by atoms with van der Waals surface area (Å²) in [6, 6.07) is 14.6. The molecule has 1 aliphatic rings. The van der Waals surface area contributed by atoms with E-state index in [1.165, 1.54) is 17.1 Å². The van der Waals surface area contributed by atoms with Crippen molar-refractivity contribution in [2.75, 3.05) is 5.01 Å². The highest BCUT2D eigenvalue weighted by Crippen LogP contribution is 2.29. The number of hydrazone groups is 1. The van der Waals surface area contributed by atoms with Crippen LogP contribution in [0.2, 0.25) is 0 Å². The average Bonchev–Trinajstić information content (AvgIpc) is 2.75. The molecule has 3 rings (SSSR count). The summed E-state index contributed by atoms with van der Waals surface area (Å²) in [5, 5.41) is 16.2. The van der Waals surface area contributed by atoms with E-state index in [4.69, 9.17) is 0 Å². The van der Waals surface area contributed by atoms with Crippen molar-refractivity contribution in [1.82, 2.24) is 0 Å². The van der Waals surface area contributed by atoms with Crippen molar-refractivity contribution in [1.29, 1.82) is 0 Å². The molecule has 1 N–H and O–H groups in total. The zero-order chi connectivity index (χ0) is 15.7. The van der Waals surface area contributed by atoms with E-state index in [2.05, 4.69) is 5.10 Å². The Bertz CT molecular complexity index is 728. The van der Waals surface area contributed by atoms with E-state index >= 15 is 0 Å². The highest BCUT2D eigenvalue weighted by Gasteiger charge is 2.48. The number of halogens is 1. The Balaban J connectivity index is 1.90. The average molecular weight is 298 g/mol. The molecule has 0 spiro atoms. The third-order valence-corrected chi connectivity index (χ3v) is 3.77. The first kappa shape index (κ1) is 14.4. The Kier molecular flexibility index (Phi) is 3.50. The Morgan fingerprint density at radius 2 is 1.77 bits per heavy atom. The fourth-order valence-corrected chi connectivity index (χ4v) is 2.45. The van der Waals surface area contributed by atoms with Crippen molar-refractivity contribution in [3.05, 3.63) is 66.0 Å². The summed E-state index contributed by atoms with van der Waals surface area (Å²) < 4.78 is 13.0. The molecule has 0 unspecified atom stereocenters. The zero-order valence-corrected chi connectivity index (χ0v) is 12.0. The molecule has 5 heteroatoms. The number of anilines is 1. The van der Waals surface area contributed by atoms with Gasteiger partial charge in [-0.15, -0.1) is 0 Å². The number of carbonyl (C=O) groups excluding carboxylic acids is 1. The number of carbonyl (C=O) groups is 1. The fraction of sp³-hybridized carbons (Fsp3) is 0.176. The molecule has 22 heavy (non-hydrogen) atoms. The van der Waals surface area contributed by atoms with Gasteiger partial charge in [0, 0.05) is 6.42 Å². The van der Waals surface area contributed by atoms with E-state index in [9.17, 15) is 14.3 Å². The topological polar surface area (TPSA) is 52.9 Å². The van der Waals surface area contributed by atoms with Gasteiger partial charge in [0.2, 0.25) is 0 Å². The van der Waals surface area contributed by atoms with Crippen LogP contribution in [-0.4, -0.2) is 22.3 Å². The van der Waals surface area contributed by atoms with Crippen molar-refractivity contribution in [3.63, 3.8) is 0 Å². The quantitative estimate of drug-likeness (QED) is 0.946. The second-order valence-corrected chi connectivity index (χ2v) is 5.30. The highest BCUT2D eigenvalue weighted by molar-refractivity contribution is 6.21. The van der Waals surface area contributed by atoms with Crippen LogP contribution in [0.4, 0.5) is 10.1 Å². The molecular weight excluding hydrogens is 283 g/mol. The molecule has 0 aromatic heterocycles. The van der Waals surface area contributed by atoms with Crippen LogP contribution in [0.15, 0.2) is 59.7 Å². The first-order valence-electron chi connectivity index (χ1n) is 6.93. The lowest BCUT2D eigenvalue weighted by atomic mass is 9.90. The van der Waals surface area contributed by atoms with Gasteiger partial charge < -0.3 is 5.11 Å². The van der Waals surface area contributed by atoms with Gasteiger partial charge in [0.1, 0.15) is 5.82 Å². The lowest BCUT2D eigenvalue weighted by molar-refractivity contribution is -0.129. The zero-order valence-electron chi connectivity index (χ0n) is 12.0. The molecule has 1 amide bonds. The number of nitrogens with zero attached hydrogens (tertiary/aromatic N) is 2. The Hall–Kier alpha value is -2.53. The van der Waals surface area contributed by atoms with E-state index in [1.54, 1.807) is 43.3 Å². The maximum atomic E-state index is 13.0. The van der Waals surface area contributed by atoms with Crippen molar-refractivity contribution in [3.8, 4) is 0 Å². The van der Waals surface area contributed by atoms with E-state index in [0.717, 1.165) is 0 Å². The fourth-order valence-electron chi connectivity index (χ4n) is 2.45. The monoisotopic (exact) mass is 298 g/mol. The van der Waals surface area contributed by atoms with Crippen LogP contribution in [-0.2, 0) is 11.2 Å². The third-order valence-electron chi connectivity index (χ3n) is 3.77. The van der Waals surface area contributed by atoms with Crippen LogP contribution in [0.5, 0.6) is 0 Å². The van der Waals surface area contributed by atoms with Crippen LogP contribution in [0, 0.1) is 5.82 Å². The predicted molar refractivity (Wildman–Crippen MR) is 82.1 cm³/mol. The summed E-state index contributed by atoms with van der Waals surface area (Å²) in [5.74, 6) is -0.856. The first-order chi connectivity index (χ1) is 10.5. The molecule has 4 nitrogen and oxygen atoms in total. The molecule has 0 fully saturated rings. The minimum Gasteiger partial charge on any atom is -0.374 e. The molecule has 0 saturated heterocycles. The Morgan fingerprint density at radius 1 is 1.14 bits per heavy atom. The van der Waals surface area contributed by atoms with Gasteiger partial charge in [0.25, 0.3) is 5.91 Å². The van der Waals surface area contributed by atoms with E-state index in [0.29, 0.717) is 17.0 Å². The van der Waals surface area contributed by atoms with Gasteiger partial charge in [-0.3, -0.25) is 4.79 Å². The van der Waals surface area contributed by atoms with Crippen molar-refractivity contribution < 1.29 is 14.3 Å². The van der Waals surface area contributed by atoms with Gasteiger partial charge in [-0.1, -0.05) is 30.3 Å².